The summed E-state index contributed by atoms with van der Waals surface area (Å²) in [6, 6.07) is 19.9. The minimum absolute atomic E-state index is 0.0425. The number of hydrogen-bond donors (Lipinski definition) is 1. The summed E-state index contributed by atoms with van der Waals surface area (Å²) in [5.74, 6) is -0.328. The Kier molecular flexibility index (Phi) is 5.81. The Labute approximate surface area is 181 Å². The van der Waals surface area contributed by atoms with E-state index in [0.717, 1.165) is 11.6 Å². The largest absolute Gasteiger partial charge is 0.489 e. The average molecular weight is 437 g/mol. The number of hydrogen-bond acceptors (Lipinski definition) is 3. The highest BCUT2D eigenvalue weighted by Gasteiger charge is 2.33. The number of para-hydroxylation sites is 1. The molecule has 0 saturated carbocycles. The van der Waals surface area contributed by atoms with E-state index < -0.39 is 17.7 Å². The van der Waals surface area contributed by atoms with Crippen molar-refractivity contribution in [1.82, 2.24) is 4.98 Å². The molecule has 3 aromatic carbocycles. The molecule has 0 saturated heterocycles. The van der Waals surface area contributed by atoms with Crippen LogP contribution in [0.1, 0.15) is 16.7 Å². The van der Waals surface area contributed by atoms with Gasteiger partial charge in [0.15, 0.2) is 0 Å². The molecule has 0 bridgehead atoms. The van der Waals surface area contributed by atoms with Crippen LogP contribution in [0.25, 0.3) is 22.0 Å². The zero-order valence-electron chi connectivity index (χ0n) is 16.8. The summed E-state index contributed by atoms with van der Waals surface area (Å²) in [6.45, 7) is 0.270. The number of carbonyl (C=O) groups is 1. The summed E-state index contributed by atoms with van der Waals surface area (Å²) < 4.78 is 46.0. The number of alkyl halides is 3. The normalized spacial score (nSPS) is 11.5. The zero-order valence-corrected chi connectivity index (χ0v) is 16.8. The molecule has 7 heteroatoms. The maximum absolute atomic E-state index is 13.4. The molecule has 0 spiro atoms. The second kappa shape index (κ2) is 8.70. The SMILES string of the molecule is O=C(O)Cc1ccc(COc2cccc(-c3ccnc4c(C(F)(F)F)cccc34)c2)cc1. The average Bonchev–Trinajstić information content (AvgIpc) is 2.77. The van der Waals surface area contributed by atoms with Crippen molar-refractivity contribution < 1.29 is 27.8 Å². The van der Waals surface area contributed by atoms with Crippen LogP contribution in [0.4, 0.5) is 13.2 Å². The van der Waals surface area contributed by atoms with E-state index in [0.29, 0.717) is 27.8 Å². The predicted molar refractivity (Wildman–Crippen MR) is 114 cm³/mol. The fraction of sp³-hybridized carbons (Fsp3) is 0.120. The van der Waals surface area contributed by atoms with Gasteiger partial charge in [0.2, 0.25) is 0 Å². The van der Waals surface area contributed by atoms with Crippen molar-refractivity contribution in [2.45, 2.75) is 19.2 Å². The molecule has 0 amide bonds. The van der Waals surface area contributed by atoms with Crippen molar-refractivity contribution in [3.63, 3.8) is 0 Å². The van der Waals surface area contributed by atoms with Crippen molar-refractivity contribution >= 4 is 16.9 Å². The topological polar surface area (TPSA) is 59.4 Å². The Morgan fingerprint density at radius 2 is 1.66 bits per heavy atom. The molecule has 4 aromatic rings. The van der Waals surface area contributed by atoms with Crippen LogP contribution in [0.5, 0.6) is 5.75 Å². The number of aromatic nitrogens is 1. The second-order valence-corrected chi connectivity index (χ2v) is 7.26. The van der Waals surface area contributed by atoms with Crippen molar-refractivity contribution in [3.05, 3.63) is 95.7 Å². The Balaban J connectivity index is 1.58. The smallest absolute Gasteiger partial charge is 0.418 e. The lowest BCUT2D eigenvalue weighted by Gasteiger charge is -2.13. The Morgan fingerprint density at radius 3 is 2.38 bits per heavy atom. The molecule has 0 fully saturated rings. The minimum atomic E-state index is -4.49. The molecule has 32 heavy (non-hydrogen) atoms. The first-order chi connectivity index (χ1) is 15.3. The van der Waals surface area contributed by atoms with Crippen molar-refractivity contribution in [1.29, 1.82) is 0 Å². The molecular formula is C25H18F3NO3. The highest BCUT2D eigenvalue weighted by Crippen LogP contribution is 2.37. The lowest BCUT2D eigenvalue weighted by molar-refractivity contribution is -0.137. The van der Waals surface area contributed by atoms with Gasteiger partial charge in [-0.05, 0) is 46.5 Å². The van der Waals surface area contributed by atoms with Gasteiger partial charge in [0.25, 0.3) is 0 Å². The monoisotopic (exact) mass is 437 g/mol. The Bertz CT molecular complexity index is 1270. The summed E-state index contributed by atoms with van der Waals surface area (Å²) >= 11 is 0. The molecule has 1 aromatic heterocycles. The molecular weight excluding hydrogens is 419 g/mol. The zero-order chi connectivity index (χ0) is 22.7. The van der Waals surface area contributed by atoms with E-state index in [1.165, 1.54) is 12.3 Å². The van der Waals surface area contributed by atoms with Gasteiger partial charge >= 0.3 is 12.1 Å². The fourth-order valence-electron chi connectivity index (χ4n) is 3.50. The van der Waals surface area contributed by atoms with Gasteiger partial charge in [0, 0.05) is 11.6 Å². The molecule has 0 radical (unpaired) electrons. The number of fused-ring (bicyclic) bond motifs is 1. The number of halogens is 3. The van der Waals surface area contributed by atoms with E-state index >= 15 is 0 Å². The number of ether oxygens (including phenoxy) is 1. The first-order valence-corrected chi connectivity index (χ1v) is 9.79. The number of rotatable bonds is 6. The number of pyridine rings is 1. The van der Waals surface area contributed by atoms with E-state index in [9.17, 15) is 18.0 Å². The van der Waals surface area contributed by atoms with Crippen LogP contribution in [-0.4, -0.2) is 16.1 Å². The van der Waals surface area contributed by atoms with Crippen molar-refractivity contribution in [3.8, 4) is 16.9 Å². The molecule has 1 heterocycles. The molecule has 162 valence electrons. The molecule has 4 rings (SSSR count). The molecule has 0 aliphatic rings. The number of carboxylic acid groups (broad SMARTS) is 1. The number of aliphatic carboxylic acids is 1. The number of nitrogens with zero attached hydrogens (tertiary/aromatic N) is 1. The maximum Gasteiger partial charge on any atom is 0.418 e. The van der Waals surface area contributed by atoms with E-state index in [2.05, 4.69) is 4.98 Å². The third-order valence-electron chi connectivity index (χ3n) is 5.01. The number of carboxylic acids is 1. The molecule has 0 aliphatic carbocycles. The van der Waals surface area contributed by atoms with E-state index in [1.54, 1.807) is 54.6 Å². The van der Waals surface area contributed by atoms with Crippen LogP contribution in [0.3, 0.4) is 0 Å². The predicted octanol–water partition coefficient (Wildman–Crippen LogP) is 6.13. The summed E-state index contributed by atoms with van der Waals surface area (Å²) in [7, 11) is 0. The van der Waals surface area contributed by atoms with Crippen molar-refractivity contribution in [2.24, 2.45) is 0 Å². The molecule has 0 atom stereocenters. The first kappa shape index (κ1) is 21.4. The quantitative estimate of drug-likeness (QED) is 0.394. The van der Waals surface area contributed by atoms with Crippen molar-refractivity contribution in [2.75, 3.05) is 0 Å². The minimum Gasteiger partial charge on any atom is -0.489 e. The van der Waals surface area contributed by atoms with Crippen LogP contribution in [-0.2, 0) is 24.0 Å². The molecule has 4 nitrogen and oxygen atoms in total. The Morgan fingerprint density at radius 1 is 0.938 bits per heavy atom. The van der Waals surface area contributed by atoms with Crippen LogP contribution in [0, 0.1) is 0 Å². The van der Waals surface area contributed by atoms with Gasteiger partial charge in [-0.25, -0.2) is 0 Å². The van der Waals surface area contributed by atoms with Gasteiger partial charge in [-0.3, -0.25) is 9.78 Å². The summed E-state index contributed by atoms with van der Waals surface area (Å²) in [4.78, 5) is 14.7. The summed E-state index contributed by atoms with van der Waals surface area (Å²) in [5, 5.41) is 9.26. The first-order valence-electron chi connectivity index (χ1n) is 9.79. The van der Waals surface area contributed by atoms with Crippen LogP contribution >= 0.6 is 0 Å². The van der Waals surface area contributed by atoms with Gasteiger partial charge in [0.1, 0.15) is 12.4 Å². The Hall–Kier alpha value is -3.87. The third-order valence-corrected chi connectivity index (χ3v) is 5.01. The lowest BCUT2D eigenvalue weighted by atomic mass is 9.99. The van der Waals surface area contributed by atoms with E-state index in [1.807, 2.05) is 6.07 Å². The van der Waals surface area contributed by atoms with Gasteiger partial charge < -0.3 is 9.84 Å². The standard InChI is InChI=1S/C25H18F3NO3/c26-25(27,28)22-6-2-5-21-20(11-12-29-24(21)22)18-3-1-4-19(14-18)32-15-17-9-7-16(8-10-17)13-23(30)31/h1-12,14H,13,15H2,(H,30,31). The summed E-state index contributed by atoms with van der Waals surface area (Å²) in [6.07, 6.45) is -3.16. The van der Waals surface area contributed by atoms with Crippen LogP contribution < -0.4 is 4.74 Å². The highest BCUT2D eigenvalue weighted by atomic mass is 19.4. The van der Waals surface area contributed by atoms with Crippen LogP contribution in [0.15, 0.2) is 79.0 Å². The van der Waals surface area contributed by atoms with Gasteiger partial charge in [-0.15, -0.1) is 0 Å². The third kappa shape index (κ3) is 4.72. The van der Waals surface area contributed by atoms with Crippen LogP contribution in [0.2, 0.25) is 0 Å². The lowest BCUT2D eigenvalue weighted by Crippen LogP contribution is -2.06. The van der Waals surface area contributed by atoms with Gasteiger partial charge in [0.05, 0.1) is 17.5 Å². The van der Waals surface area contributed by atoms with Gasteiger partial charge in [-0.2, -0.15) is 13.2 Å². The van der Waals surface area contributed by atoms with E-state index in [4.69, 9.17) is 9.84 Å². The van der Waals surface area contributed by atoms with Gasteiger partial charge in [-0.1, -0.05) is 48.5 Å². The second-order valence-electron chi connectivity index (χ2n) is 7.26. The highest BCUT2D eigenvalue weighted by molar-refractivity contribution is 5.96. The molecule has 0 unspecified atom stereocenters. The molecule has 1 N–H and O–H groups in total. The summed E-state index contributed by atoms with van der Waals surface area (Å²) in [5.41, 5.74) is 2.05. The maximum atomic E-state index is 13.4. The fourth-order valence-corrected chi connectivity index (χ4v) is 3.50. The number of benzene rings is 3. The van der Waals surface area contributed by atoms with E-state index in [-0.39, 0.29) is 18.5 Å². The molecule has 0 aliphatic heterocycles.